The molecule has 0 radical (unpaired) electrons. The van der Waals surface area contributed by atoms with Crippen LogP contribution < -0.4 is 5.32 Å². The highest BCUT2D eigenvalue weighted by Crippen LogP contribution is 2.36. The summed E-state index contributed by atoms with van der Waals surface area (Å²) in [5, 5.41) is 13.7. The minimum atomic E-state index is -0.442. The lowest BCUT2D eigenvalue weighted by molar-refractivity contribution is -0.140. The predicted octanol–water partition coefficient (Wildman–Crippen LogP) is 2.90. The second-order valence-corrected chi connectivity index (χ2v) is 9.01. The van der Waals surface area contributed by atoms with Crippen molar-refractivity contribution in [1.82, 2.24) is 4.90 Å². The number of esters is 1. The molecule has 3 rings (SSSR count). The molecule has 0 spiro atoms. The molecule has 2 N–H and O–H groups in total. The van der Waals surface area contributed by atoms with Gasteiger partial charge >= 0.3 is 5.97 Å². The number of morpholine rings is 1. The first-order valence-electron chi connectivity index (χ1n) is 12.2. The van der Waals surface area contributed by atoms with E-state index in [0.717, 1.165) is 43.6 Å². The number of ether oxygens (including phenoxy) is 3. The number of carbonyl (C=O) groups is 2. The van der Waals surface area contributed by atoms with Gasteiger partial charge in [0, 0.05) is 50.5 Å². The average molecular weight is 475 g/mol. The van der Waals surface area contributed by atoms with Crippen molar-refractivity contribution in [3.05, 3.63) is 42.0 Å². The van der Waals surface area contributed by atoms with E-state index in [4.69, 9.17) is 14.2 Å². The Bertz CT molecular complexity index is 806. The van der Waals surface area contributed by atoms with E-state index in [0.29, 0.717) is 32.7 Å². The van der Waals surface area contributed by atoms with Crippen LogP contribution in [-0.2, 0) is 30.4 Å². The van der Waals surface area contributed by atoms with Gasteiger partial charge in [0.1, 0.15) is 0 Å². The molecule has 2 aliphatic rings. The third kappa shape index (κ3) is 7.91. The number of carbonyl (C=O) groups excluding carboxylic acids is 2. The van der Waals surface area contributed by atoms with Crippen molar-refractivity contribution < 1.29 is 28.9 Å². The largest absolute Gasteiger partial charge is 0.469 e. The number of hydrogen-bond acceptors (Lipinski definition) is 7. The van der Waals surface area contributed by atoms with Gasteiger partial charge in [-0.25, -0.2) is 0 Å². The Balaban J connectivity index is 1.60. The molecule has 1 unspecified atom stereocenters. The minimum absolute atomic E-state index is 0.0377. The summed E-state index contributed by atoms with van der Waals surface area (Å²) >= 11 is 0. The second kappa shape index (κ2) is 13.6. The van der Waals surface area contributed by atoms with Gasteiger partial charge < -0.3 is 24.6 Å². The van der Waals surface area contributed by atoms with E-state index >= 15 is 0 Å². The highest BCUT2D eigenvalue weighted by molar-refractivity contribution is 5.88. The zero-order chi connectivity index (χ0) is 24.3. The Labute approximate surface area is 202 Å². The molecule has 1 heterocycles. The fourth-order valence-electron chi connectivity index (χ4n) is 4.86. The maximum atomic E-state index is 11.3. The quantitative estimate of drug-likeness (QED) is 0.289. The van der Waals surface area contributed by atoms with E-state index < -0.39 is 6.10 Å². The second-order valence-electron chi connectivity index (χ2n) is 9.01. The van der Waals surface area contributed by atoms with Crippen LogP contribution in [-0.4, -0.2) is 73.5 Å². The van der Waals surface area contributed by atoms with Gasteiger partial charge in [0.05, 0.1) is 39.1 Å². The topological polar surface area (TPSA) is 97.3 Å². The first kappa shape index (κ1) is 26.3. The lowest BCUT2D eigenvalue weighted by Crippen LogP contribution is -2.50. The van der Waals surface area contributed by atoms with Crippen LogP contribution in [0.25, 0.3) is 0 Å². The van der Waals surface area contributed by atoms with E-state index in [-0.39, 0.29) is 29.9 Å². The van der Waals surface area contributed by atoms with E-state index in [1.54, 1.807) is 0 Å². The number of amides is 1. The molecule has 34 heavy (non-hydrogen) atoms. The Morgan fingerprint density at radius 2 is 1.94 bits per heavy atom. The standard InChI is InChI=1S/C26H38N2O6/c1-19(29)27-21-11-9-20(10-12-21)18-34-24-17-23(30)26(28-13-15-33-16-14-28)22(24)7-5-3-4-6-8-25(31)32-2/h3,5,9-12,22-24,26,30H,4,6-8,13-18H2,1-2H3,(H,27,29)/t22?,23-,24+,26-/m1/s1. The van der Waals surface area contributed by atoms with Gasteiger partial charge in [-0.2, -0.15) is 0 Å². The molecule has 0 bridgehead atoms. The maximum absolute atomic E-state index is 11.3. The summed E-state index contributed by atoms with van der Waals surface area (Å²) < 4.78 is 16.5. The Morgan fingerprint density at radius 3 is 2.62 bits per heavy atom. The van der Waals surface area contributed by atoms with Crippen molar-refractivity contribution in [2.75, 3.05) is 38.7 Å². The molecule has 0 aromatic heterocycles. The molecule has 188 valence electrons. The number of aliphatic hydroxyl groups excluding tert-OH is 1. The summed E-state index contributed by atoms with van der Waals surface area (Å²) in [6, 6.07) is 7.68. The van der Waals surface area contributed by atoms with Crippen molar-refractivity contribution in [2.45, 2.75) is 63.9 Å². The fourth-order valence-corrected chi connectivity index (χ4v) is 4.86. The third-order valence-corrected chi connectivity index (χ3v) is 6.54. The van der Waals surface area contributed by atoms with Crippen LogP contribution in [0, 0.1) is 5.92 Å². The van der Waals surface area contributed by atoms with Crippen LogP contribution in [0.5, 0.6) is 0 Å². The van der Waals surface area contributed by atoms with Crippen molar-refractivity contribution in [2.24, 2.45) is 5.92 Å². The number of anilines is 1. The number of nitrogens with one attached hydrogen (secondary N) is 1. The van der Waals surface area contributed by atoms with Crippen molar-refractivity contribution in [1.29, 1.82) is 0 Å². The van der Waals surface area contributed by atoms with E-state index in [1.165, 1.54) is 14.0 Å². The molecule has 1 aliphatic carbocycles. The molecule has 1 aromatic rings. The molecule has 1 aromatic carbocycles. The summed E-state index contributed by atoms with van der Waals surface area (Å²) in [7, 11) is 1.41. The molecule has 8 heteroatoms. The van der Waals surface area contributed by atoms with E-state index in [9.17, 15) is 14.7 Å². The lowest BCUT2D eigenvalue weighted by atomic mass is 9.94. The highest BCUT2D eigenvalue weighted by Gasteiger charge is 2.45. The van der Waals surface area contributed by atoms with Crippen LogP contribution in [0.4, 0.5) is 5.69 Å². The summed E-state index contributed by atoms with van der Waals surface area (Å²) in [6.45, 7) is 4.95. The van der Waals surface area contributed by atoms with Crippen LogP contribution in [0.2, 0.25) is 0 Å². The number of benzene rings is 1. The van der Waals surface area contributed by atoms with E-state index in [1.807, 2.05) is 24.3 Å². The monoisotopic (exact) mass is 474 g/mol. The maximum Gasteiger partial charge on any atom is 0.305 e. The summed E-state index contributed by atoms with van der Waals surface area (Å²) in [5.74, 6) is -0.110. The zero-order valence-corrected chi connectivity index (χ0v) is 20.3. The number of nitrogens with zero attached hydrogens (tertiary/aromatic N) is 1. The summed E-state index contributed by atoms with van der Waals surface area (Å²) in [4.78, 5) is 24.8. The van der Waals surface area contributed by atoms with Crippen LogP contribution in [0.1, 0.15) is 44.6 Å². The van der Waals surface area contributed by atoms with Crippen molar-refractivity contribution >= 4 is 17.6 Å². The number of rotatable bonds is 11. The first-order valence-corrected chi connectivity index (χ1v) is 12.2. The minimum Gasteiger partial charge on any atom is -0.469 e. The molecule has 4 atom stereocenters. The van der Waals surface area contributed by atoms with Crippen LogP contribution in [0.3, 0.4) is 0 Å². The lowest BCUT2D eigenvalue weighted by Gasteiger charge is -2.37. The van der Waals surface area contributed by atoms with Gasteiger partial charge in [-0.15, -0.1) is 0 Å². The fraction of sp³-hybridized carbons (Fsp3) is 0.615. The predicted molar refractivity (Wildman–Crippen MR) is 129 cm³/mol. The number of hydrogen-bond donors (Lipinski definition) is 2. The number of aliphatic hydroxyl groups is 1. The van der Waals surface area contributed by atoms with Crippen molar-refractivity contribution in [3.8, 4) is 0 Å². The van der Waals surface area contributed by atoms with E-state index in [2.05, 4.69) is 22.4 Å². The van der Waals surface area contributed by atoms with Crippen LogP contribution >= 0.6 is 0 Å². The molecule has 8 nitrogen and oxygen atoms in total. The number of allylic oxidation sites excluding steroid dienone is 2. The first-order chi connectivity index (χ1) is 16.5. The Hall–Kier alpha value is -2.26. The Kier molecular flexibility index (Phi) is 10.5. The zero-order valence-electron chi connectivity index (χ0n) is 20.3. The smallest absolute Gasteiger partial charge is 0.305 e. The summed E-state index contributed by atoms with van der Waals surface area (Å²) in [6.07, 6.45) is 7.19. The van der Waals surface area contributed by atoms with Gasteiger partial charge in [0.2, 0.25) is 5.91 Å². The molecule has 1 saturated carbocycles. The van der Waals surface area contributed by atoms with Gasteiger partial charge in [0.25, 0.3) is 0 Å². The average Bonchev–Trinajstić information content (AvgIpc) is 3.15. The van der Waals surface area contributed by atoms with Gasteiger partial charge in [-0.1, -0.05) is 24.3 Å². The molecule has 2 fully saturated rings. The normalized spacial score (nSPS) is 25.5. The van der Waals surface area contributed by atoms with Gasteiger partial charge in [-0.3, -0.25) is 14.5 Å². The number of methoxy groups -OCH3 is 1. The summed E-state index contributed by atoms with van der Waals surface area (Å²) in [5.41, 5.74) is 1.78. The molecule has 1 amide bonds. The van der Waals surface area contributed by atoms with Crippen molar-refractivity contribution in [3.63, 3.8) is 0 Å². The molecular formula is C26H38N2O6. The van der Waals surface area contributed by atoms with Crippen LogP contribution in [0.15, 0.2) is 36.4 Å². The van der Waals surface area contributed by atoms with Gasteiger partial charge in [-0.05, 0) is 37.0 Å². The molecular weight excluding hydrogens is 436 g/mol. The molecule has 1 aliphatic heterocycles. The highest BCUT2D eigenvalue weighted by atomic mass is 16.5. The molecule has 1 saturated heterocycles. The Morgan fingerprint density at radius 1 is 1.21 bits per heavy atom. The SMILES string of the molecule is COC(=O)CCCC=CCC1[C@@H](OCc2ccc(NC(C)=O)cc2)C[C@@H](O)[C@@H]1N1CCOCC1. The third-order valence-electron chi connectivity index (χ3n) is 6.54. The number of unbranched alkanes of at least 4 members (excludes halogenated alkanes) is 1. The van der Waals surface area contributed by atoms with Gasteiger partial charge in [0.15, 0.2) is 0 Å².